The van der Waals surface area contributed by atoms with Crippen LogP contribution in [-0.2, 0) is 11.3 Å². The number of thiophene rings is 1. The van der Waals surface area contributed by atoms with Crippen molar-refractivity contribution in [2.45, 2.75) is 44.8 Å². The third-order valence-corrected chi connectivity index (χ3v) is 5.91. The second-order valence-electron chi connectivity index (χ2n) is 7.06. The van der Waals surface area contributed by atoms with E-state index in [1.54, 1.807) is 23.5 Å². The lowest BCUT2D eigenvalue weighted by atomic mass is 9.99. The Kier molecular flexibility index (Phi) is 6.16. The van der Waals surface area contributed by atoms with E-state index in [1.165, 1.54) is 5.56 Å². The van der Waals surface area contributed by atoms with Crippen LogP contribution in [-0.4, -0.2) is 41.1 Å². The van der Waals surface area contributed by atoms with Crippen molar-refractivity contribution in [3.05, 3.63) is 46.7 Å². The fourth-order valence-corrected chi connectivity index (χ4v) is 4.37. The van der Waals surface area contributed by atoms with Gasteiger partial charge in [-0.3, -0.25) is 9.69 Å². The molecule has 1 aliphatic rings. The summed E-state index contributed by atoms with van der Waals surface area (Å²) in [5.74, 6) is 0.0575. The Morgan fingerprint density at radius 1 is 1.31 bits per heavy atom. The van der Waals surface area contributed by atoms with Crippen molar-refractivity contribution < 1.29 is 9.90 Å². The van der Waals surface area contributed by atoms with Crippen LogP contribution in [0.15, 0.2) is 41.1 Å². The van der Waals surface area contributed by atoms with Crippen LogP contribution in [0.5, 0.6) is 5.75 Å². The van der Waals surface area contributed by atoms with Crippen LogP contribution in [0.3, 0.4) is 0 Å². The zero-order chi connectivity index (χ0) is 18.5. The first-order chi connectivity index (χ1) is 12.5. The van der Waals surface area contributed by atoms with E-state index in [2.05, 4.69) is 33.6 Å². The van der Waals surface area contributed by atoms with Crippen molar-refractivity contribution in [2.75, 3.05) is 18.0 Å². The molecular weight excluding hydrogens is 346 g/mol. The van der Waals surface area contributed by atoms with Gasteiger partial charge in [0.05, 0.1) is 0 Å². The van der Waals surface area contributed by atoms with Gasteiger partial charge in [-0.25, -0.2) is 0 Å². The molecule has 0 spiro atoms. The molecule has 1 aromatic heterocycles. The Labute approximate surface area is 159 Å². The number of phenols is 1. The molecule has 1 amide bonds. The van der Waals surface area contributed by atoms with E-state index in [4.69, 9.17) is 5.73 Å². The number of primary amides is 1. The maximum absolute atomic E-state index is 11.2. The molecular formula is C20H27N3O2S. The molecule has 1 fully saturated rings. The monoisotopic (exact) mass is 373 g/mol. The lowest BCUT2D eigenvalue weighted by Crippen LogP contribution is -2.48. The quantitative estimate of drug-likeness (QED) is 0.782. The van der Waals surface area contributed by atoms with E-state index in [0.717, 1.165) is 38.2 Å². The van der Waals surface area contributed by atoms with Gasteiger partial charge in [0.25, 0.3) is 0 Å². The summed E-state index contributed by atoms with van der Waals surface area (Å²) in [5.41, 5.74) is 7.80. The standard InChI is InChI=1S/C20H27N3O2S/c1-15(12-20(21)25)22-9-6-18(7-10-22)23(13-16-8-11-26-14-16)17-2-4-19(24)5-3-17/h2-5,8,11,14-15,18,24H,6-7,9-10,12-13H2,1H3,(H2,21,25)/t15-/m1/s1. The number of piperidine rings is 1. The maximum atomic E-state index is 11.2. The van der Waals surface area contributed by atoms with Crippen LogP contribution < -0.4 is 10.6 Å². The molecule has 1 aromatic carbocycles. The maximum Gasteiger partial charge on any atom is 0.218 e. The first-order valence-corrected chi connectivity index (χ1v) is 10.1. The molecule has 3 N–H and O–H groups in total. The van der Waals surface area contributed by atoms with E-state index in [9.17, 15) is 9.90 Å². The minimum absolute atomic E-state index is 0.201. The van der Waals surface area contributed by atoms with Crippen LogP contribution in [0, 0.1) is 0 Å². The van der Waals surface area contributed by atoms with Gasteiger partial charge in [0, 0.05) is 43.8 Å². The number of amides is 1. The number of hydrogen-bond acceptors (Lipinski definition) is 5. The first kappa shape index (κ1) is 18.7. The highest BCUT2D eigenvalue weighted by Gasteiger charge is 2.27. The number of nitrogens with zero attached hydrogens (tertiary/aromatic N) is 2. The number of carbonyl (C=O) groups excluding carboxylic acids is 1. The summed E-state index contributed by atoms with van der Waals surface area (Å²) in [6, 6.07) is 10.3. The Bertz CT molecular complexity index is 694. The second kappa shape index (κ2) is 8.56. The Morgan fingerprint density at radius 3 is 2.58 bits per heavy atom. The molecule has 5 nitrogen and oxygen atoms in total. The summed E-state index contributed by atoms with van der Waals surface area (Å²) in [6.45, 7) is 4.89. The van der Waals surface area contributed by atoms with Crippen molar-refractivity contribution in [1.82, 2.24) is 4.90 Å². The molecule has 0 bridgehead atoms. The average Bonchev–Trinajstić information content (AvgIpc) is 3.13. The van der Waals surface area contributed by atoms with Gasteiger partial charge in [0.1, 0.15) is 5.75 Å². The minimum Gasteiger partial charge on any atom is -0.508 e. The largest absolute Gasteiger partial charge is 0.508 e. The van der Waals surface area contributed by atoms with Crippen LogP contribution in [0.2, 0.25) is 0 Å². The number of nitrogens with two attached hydrogens (primary N) is 1. The summed E-state index contributed by atoms with van der Waals surface area (Å²) in [5, 5.41) is 13.9. The molecule has 0 radical (unpaired) electrons. The first-order valence-electron chi connectivity index (χ1n) is 9.12. The van der Waals surface area contributed by atoms with Crippen molar-refractivity contribution >= 4 is 22.9 Å². The highest BCUT2D eigenvalue weighted by atomic mass is 32.1. The molecule has 6 heteroatoms. The normalized spacial score (nSPS) is 17.1. The summed E-state index contributed by atoms with van der Waals surface area (Å²) in [4.78, 5) is 16.0. The molecule has 140 valence electrons. The van der Waals surface area contributed by atoms with Crippen LogP contribution in [0.1, 0.15) is 31.7 Å². The minimum atomic E-state index is -0.234. The Hall–Kier alpha value is -2.05. The van der Waals surface area contributed by atoms with E-state index in [1.807, 2.05) is 12.1 Å². The number of anilines is 1. The lowest BCUT2D eigenvalue weighted by Gasteiger charge is -2.41. The molecule has 2 aromatic rings. The van der Waals surface area contributed by atoms with Crippen LogP contribution in [0.4, 0.5) is 5.69 Å². The van der Waals surface area contributed by atoms with Crippen LogP contribution >= 0.6 is 11.3 Å². The predicted molar refractivity (Wildman–Crippen MR) is 106 cm³/mol. The van der Waals surface area contributed by atoms with Gasteiger partial charge in [0.2, 0.25) is 5.91 Å². The second-order valence-corrected chi connectivity index (χ2v) is 7.84. The van der Waals surface area contributed by atoms with E-state index < -0.39 is 0 Å². The summed E-state index contributed by atoms with van der Waals surface area (Å²) >= 11 is 1.72. The smallest absolute Gasteiger partial charge is 0.218 e. The summed E-state index contributed by atoms with van der Waals surface area (Å²) in [7, 11) is 0. The molecule has 2 heterocycles. The van der Waals surface area contributed by atoms with Crippen molar-refractivity contribution in [1.29, 1.82) is 0 Å². The van der Waals surface area contributed by atoms with Crippen molar-refractivity contribution in [2.24, 2.45) is 5.73 Å². The predicted octanol–water partition coefficient (Wildman–Crippen LogP) is 3.19. The highest BCUT2D eigenvalue weighted by Crippen LogP contribution is 2.28. The van der Waals surface area contributed by atoms with Crippen molar-refractivity contribution in [3.63, 3.8) is 0 Å². The fraction of sp³-hybridized carbons (Fsp3) is 0.450. The van der Waals surface area contributed by atoms with Gasteiger partial charge < -0.3 is 15.7 Å². The van der Waals surface area contributed by atoms with Gasteiger partial charge in [-0.2, -0.15) is 11.3 Å². The molecule has 1 saturated heterocycles. The van der Waals surface area contributed by atoms with E-state index in [0.29, 0.717) is 18.2 Å². The van der Waals surface area contributed by atoms with Gasteiger partial charge in [-0.1, -0.05) is 0 Å². The summed E-state index contributed by atoms with van der Waals surface area (Å²) in [6.07, 6.45) is 2.52. The molecule has 3 rings (SSSR count). The van der Waals surface area contributed by atoms with E-state index in [-0.39, 0.29) is 11.9 Å². The van der Waals surface area contributed by atoms with Gasteiger partial charge >= 0.3 is 0 Å². The Morgan fingerprint density at radius 2 is 2.00 bits per heavy atom. The molecule has 1 atom stereocenters. The molecule has 0 unspecified atom stereocenters. The van der Waals surface area contributed by atoms with Crippen LogP contribution in [0.25, 0.3) is 0 Å². The van der Waals surface area contributed by atoms with E-state index >= 15 is 0 Å². The average molecular weight is 374 g/mol. The zero-order valence-corrected chi connectivity index (χ0v) is 16.0. The molecule has 0 aliphatic carbocycles. The number of benzene rings is 1. The molecule has 26 heavy (non-hydrogen) atoms. The molecule has 1 aliphatic heterocycles. The van der Waals surface area contributed by atoms with Crippen molar-refractivity contribution in [3.8, 4) is 5.75 Å². The zero-order valence-electron chi connectivity index (χ0n) is 15.2. The number of likely N-dealkylation sites (tertiary alicyclic amines) is 1. The fourth-order valence-electron chi connectivity index (χ4n) is 3.71. The Balaban J connectivity index is 1.69. The third kappa shape index (κ3) is 4.77. The number of carbonyl (C=O) groups is 1. The topological polar surface area (TPSA) is 69.8 Å². The summed E-state index contributed by atoms with van der Waals surface area (Å²) < 4.78 is 0. The number of hydrogen-bond donors (Lipinski definition) is 2. The van der Waals surface area contributed by atoms with Gasteiger partial charge in [-0.15, -0.1) is 0 Å². The SMILES string of the molecule is C[C@H](CC(N)=O)N1CCC(N(Cc2ccsc2)c2ccc(O)cc2)CC1. The number of aromatic hydroxyl groups is 1. The number of rotatable bonds is 7. The van der Waals surface area contributed by atoms with Gasteiger partial charge in [-0.05, 0) is 66.4 Å². The lowest BCUT2D eigenvalue weighted by molar-refractivity contribution is -0.119. The van der Waals surface area contributed by atoms with Gasteiger partial charge in [0.15, 0.2) is 0 Å². The third-order valence-electron chi connectivity index (χ3n) is 5.17. The number of phenolic OH excluding ortho intramolecular Hbond substituents is 1. The molecule has 0 saturated carbocycles. The highest BCUT2D eigenvalue weighted by molar-refractivity contribution is 7.07.